The number of hydrogen-bond donors (Lipinski definition) is 2. The molecule has 0 unspecified atom stereocenters. The van der Waals surface area contributed by atoms with Crippen molar-refractivity contribution >= 4 is 40.4 Å². The second-order valence-electron chi connectivity index (χ2n) is 5.92. The summed E-state index contributed by atoms with van der Waals surface area (Å²) in [6, 6.07) is 14.4. The highest BCUT2D eigenvalue weighted by atomic mass is 35.5. The van der Waals surface area contributed by atoms with Crippen molar-refractivity contribution in [1.82, 2.24) is 9.97 Å². The highest BCUT2D eigenvalue weighted by Crippen LogP contribution is 2.29. The Morgan fingerprint density at radius 3 is 2.11 bits per heavy atom. The van der Waals surface area contributed by atoms with Crippen LogP contribution in [-0.4, -0.2) is 22.9 Å². The first-order chi connectivity index (χ1) is 12.9. The zero-order valence-electron chi connectivity index (χ0n) is 15.2. The third-order valence-electron chi connectivity index (χ3n) is 3.83. The number of anilines is 4. The van der Waals surface area contributed by atoms with Crippen LogP contribution in [0.15, 0.2) is 48.5 Å². The highest BCUT2D eigenvalue weighted by Gasteiger charge is 2.06. The lowest BCUT2D eigenvalue weighted by Crippen LogP contribution is -2.02. The van der Waals surface area contributed by atoms with E-state index in [2.05, 4.69) is 20.6 Å². The lowest BCUT2D eigenvalue weighted by Gasteiger charge is -2.11. The van der Waals surface area contributed by atoms with Crippen LogP contribution in [0.1, 0.15) is 23.1 Å². The van der Waals surface area contributed by atoms with Crippen molar-refractivity contribution in [3.63, 3.8) is 0 Å². The molecule has 0 aliphatic heterocycles. The Hall–Kier alpha value is -3.12. The van der Waals surface area contributed by atoms with Gasteiger partial charge in [0.25, 0.3) is 0 Å². The summed E-state index contributed by atoms with van der Waals surface area (Å²) in [6.07, 6.45) is 0. The molecule has 0 aliphatic carbocycles. The van der Waals surface area contributed by atoms with E-state index in [4.69, 9.17) is 16.3 Å². The maximum Gasteiger partial charge on any atom is 0.159 e. The molecule has 0 aliphatic rings. The van der Waals surface area contributed by atoms with Crippen LogP contribution < -0.4 is 15.4 Å². The van der Waals surface area contributed by atoms with Crippen LogP contribution in [0.2, 0.25) is 5.02 Å². The molecule has 3 aromatic rings. The first kappa shape index (κ1) is 18.7. The molecule has 0 spiro atoms. The molecular weight excluding hydrogens is 364 g/mol. The molecule has 1 heterocycles. The second kappa shape index (κ2) is 8.05. The Morgan fingerprint density at radius 1 is 0.963 bits per heavy atom. The number of carbonyl (C=O) groups excluding carboxylic acids is 1. The number of benzene rings is 2. The summed E-state index contributed by atoms with van der Waals surface area (Å²) >= 11 is 6.17. The van der Waals surface area contributed by atoms with E-state index in [1.807, 2.05) is 25.1 Å². The molecule has 0 saturated carbocycles. The summed E-state index contributed by atoms with van der Waals surface area (Å²) in [5.74, 6) is 2.52. The van der Waals surface area contributed by atoms with Crippen LogP contribution in [-0.2, 0) is 0 Å². The standard InChI is InChI=1S/C20H19ClN4O2/c1-12(26)14-4-6-15(7-5-14)24-19-11-20(23-13(2)22-19)25-16-8-9-18(27-3)17(21)10-16/h4-11H,1-3H3,(H2,22,23,24,25). The number of aromatic nitrogens is 2. The number of Topliss-reactive ketones (excluding diaryl/α,β-unsaturated/α-hetero) is 1. The number of halogens is 1. The van der Waals surface area contributed by atoms with Crippen molar-refractivity contribution in [2.75, 3.05) is 17.7 Å². The molecule has 2 aromatic carbocycles. The molecule has 0 amide bonds. The molecule has 6 nitrogen and oxygen atoms in total. The van der Waals surface area contributed by atoms with Crippen LogP contribution in [0.3, 0.4) is 0 Å². The Bertz CT molecular complexity index is 974. The third kappa shape index (κ3) is 4.74. The second-order valence-corrected chi connectivity index (χ2v) is 6.33. The van der Waals surface area contributed by atoms with Gasteiger partial charge in [-0.1, -0.05) is 11.6 Å². The maximum atomic E-state index is 11.4. The third-order valence-corrected chi connectivity index (χ3v) is 4.12. The quantitative estimate of drug-likeness (QED) is 0.575. The Kier molecular flexibility index (Phi) is 5.57. The van der Waals surface area contributed by atoms with Crippen molar-refractivity contribution in [2.45, 2.75) is 13.8 Å². The molecule has 138 valence electrons. The SMILES string of the molecule is COc1ccc(Nc2cc(Nc3ccc(C(C)=O)cc3)nc(C)n2)cc1Cl. The first-order valence-corrected chi connectivity index (χ1v) is 8.66. The largest absolute Gasteiger partial charge is 0.495 e. The minimum atomic E-state index is 0.0315. The summed E-state index contributed by atoms with van der Waals surface area (Å²) in [5.41, 5.74) is 2.28. The van der Waals surface area contributed by atoms with Gasteiger partial charge >= 0.3 is 0 Å². The van der Waals surface area contributed by atoms with E-state index in [0.29, 0.717) is 33.8 Å². The molecule has 0 fully saturated rings. The molecule has 2 N–H and O–H groups in total. The van der Waals surface area contributed by atoms with Crippen molar-refractivity contribution in [3.05, 3.63) is 64.9 Å². The lowest BCUT2D eigenvalue weighted by molar-refractivity contribution is 0.101. The number of methoxy groups -OCH3 is 1. The van der Waals surface area contributed by atoms with Gasteiger partial charge in [0.05, 0.1) is 12.1 Å². The maximum absolute atomic E-state index is 11.4. The number of aryl methyl sites for hydroxylation is 1. The molecule has 7 heteroatoms. The average molecular weight is 383 g/mol. The van der Waals surface area contributed by atoms with Gasteiger partial charge in [0.2, 0.25) is 0 Å². The summed E-state index contributed by atoms with van der Waals surface area (Å²) in [7, 11) is 1.57. The van der Waals surface area contributed by atoms with E-state index in [-0.39, 0.29) is 5.78 Å². The van der Waals surface area contributed by atoms with Crippen LogP contribution in [0, 0.1) is 6.92 Å². The number of hydrogen-bond acceptors (Lipinski definition) is 6. The molecular formula is C20H19ClN4O2. The molecule has 1 aromatic heterocycles. The Labute approximate surface area is 162 Å². The predicted octanol–water partition coefficient (Wildman–Crippen LogP) is 5.14. The van der Waals surface area contributed by atoms with Crippen molar-refractivity contribution < 1.29 is 9.53 Å². The van der Waals surface area contributed by atoms with Gasteiger partial charge in [-0.3, -0.25) is 4.79 Å². The predicted molar refractivity (Wildman–Crippen MR) is 108 cm³/mol. The summed E-state index contributed by atoms with van der Waals surface area (Å²) < 4.78 is 5.16. The molecule has 3 rings (SSSR count). The lowest BCUT2D eigenvalue weighted by atomic mass is 10.1. The Morgan fingerprint density at radius 2 is 1.56 bits per heavy atom. The Balaban J connectivity index is 1.79. The van der Waals surface area contributed by atoms with Crippen LogP contribution in [0.25, 0.3) is 0 Å². The van der Waals surface area contributed by atoms with Gasteiger partial charge in [-0.25, -0.2) is 9.97 Å². The number of rotatable bonds is 6. The zero-order chi connectivity index (χ0) is 19.4. The average Bonchev–Trinajstić information content (AvgIpc) is 2.62. The van der Waals surface area contributed by atoms with Crippen molar-refractivity contribution in [1.29, 1.82) is 0 Å². The number of nitrogens with one attached hydrogen (secondary N) is 2. The number of ketones is 1. The first-order valence-electron chi connectivity index (χ1n) is 8.29. The van der Waals surface area contributed by atoms with Crippen molar-refractivity contribution in [3.8, 4) is 5.75 Å². The smallest absolute Gasteiger partial charge is 0.159 e. The van der Waals surface area contributed by atoms with Gasteiger partial charge < -0.3 is 15.4 Å². The van der Waals surface area contributed by atoms with Crippen LogP contribution in [0.5, 0.6) is 5.75 Å². The van der Waals surface area contributed by atoms with E-state index >= 15 is 0 Å². The summed E-state index contributed by atoms with van der Waals surface area (Å²) in [4.78, 5) is 20.2. The fraction of sp³-hybridized carbons (Fsp3) is 0.150. The van der Waals surface area contributed by atoms with Gasteiger partial charge in [-0.2, -0.15) is 0 Å². The van der Waals surface area contributed by atoms with E-state index in [1.54, 1.807) is 44.4 Å². The number of ether oxygens (including phenoxy) is 1. The fourth-order valence-corrected chi connectivity index (χ4v) is 2.78. The van der Waals surface area contributed by atoms with E-state index in [0.717, 1.165) is 11.4 Å². The summed E-state index contributed by atoms with van der Waals surface area (Å²) in [5, 5.41) is 6.94. The van der Waals surface area contributed by atoms with E-state index in [9.17, 15) is 4.79 Å². The molecule has 0 atom stereocenters. The minimum Gasteiger partial charge on any atom is -0.495 e. The fourth-order valence-electron chi connectivity index (χ4n) is 2.52. The topological polar surface area (TPSA) is 76.1 Å². The van der Waals surface area contributed by atoms with Gasteiger partial charge in [0.1, 0.15) is 23.2 Å². The van der Waals surface area contributed by atoms with Crippen LogP contribution >= 0.6 is 11.6 Å². The number of carbonyl (C=O) groups is 1. The van der Waals surface area contributed by atoms with Gasteiger partial charge in [0, 0.05) is 23.0 Å². The summed E-state index contributed by atoms with van der Waals surface area (Å²) in [6.45, 7) is 3.36. The molecule has 0 saturated heterocycles. The van der Waals surface area contributed by atoms with Gasteiger partial charge in [-0.15, -0.1) is 0 Å². The van der Waals surface area contributed by atoms with Gasteiger partial charge in [0.15, 0.2) is 5.78 Å². The zero-order valence-corrected chi connectivity index (χ0v) is 16.0. The molecule has 0 radical (unpaired) electrons. The van der Waals surface area contributed by atoms with Crippen LogP contribution in [0.4, 0.5) is 23.0 Å². The van der Waals surface area contributed by atoms with Crippen molar-refractivity contribution in [2.24, 2.45) is 0 Å². The molecule has 27 heavy (non-hydrogen) atoms. The highest BCUT2D eigenvalue weighted by molar-refractivity contribution is 6.32. The van der Waals surface area contributed by atoms with E-state index < -0.39 is 0 Å². The monoisotopic (exact) mass is 382 g/mol. The normalized spacial score (nSPS) is 10.4. The van der Waals surface area contributed by atoms with Gasteiger partial charge in [-0.05, 0) is 56.3 Å². The molecule has 0 bridgehead atoms. The minimum absolute atomic E-state index is 0.0315. The number of nitrogens with zero attached hydrogens (tertiary/aromatic N) is 2. The van der Waals surface area contributed by atoms with E-state index in [1.165, 1.54) is 0 Å².